The van der Waals surface area contributed by atoms with E-state index in [9.17, 15) is 8.42 Å². The summed E-state index contributed by atoms with van der Waals surface area (Å²) in [7, 11) is -3.93. The first-order chi connectivity index (χ1) is 7.08. The van der Waals surface area contributed by atoms with Gasteiger partial charge in [-0.2, -0.15) is 8.42 Å². The topological polar surface area (TPSA) is 67.9 Å². The molecule has 0 radical (unpaired) electrons. The van der Waals surface area contributed by atoms with Gasteiger partial charge in [-0.05, 0) is 12.5 Å². The second kappa shape index (κ2) is 3.87. The molecule has 1 atom stereocenters. The van der Waals surface area contributed by atoms with E-state index in [1.807, 2.05) is 30.3 Å². The number of hydroxylamine groups is 1. The number of hydrogen-bond donors (Lipinski definition) is 1. The van der Waals surface area contributed by atoms with Crippen LogP contribution >= 0.6 is 0 Å². The van der Waals surface area contributed by atoms with Crippen LogP contribution in [0.3, 0.4) is 0 Å². The van der Waals surface area contributed by atoms with Crippen molar-refractivity contribution >= 4 is 10.4 Å². The van der Waals surface area contributed by atoms with Crippen molar-refractivity contribution in [3.63, 3.8) is 0 Å². The molecule has 1 aliphatic rings. The van der Waals surface area contributed by atoms with Gasteiger partial charge >= 0.3 is 10.4 Å². The predicted octanol–water partition coefficient (Wildman–Crippen LogP) is 0.676. The predicted molar refractivity (Wildman–Crippen MR) is 50.9 cm³/mol. The van der Waals surface area contributed by atoms with Gasteiger partial charge in [-0.25, -0.2) is 0 Å². The molecule has 0 bridgehead atoms. The molecule has 1 heterocycles. The van der Waals surface area contributed by atoms with Gasteiger partial charge in [0.25, 0.3) is 0 Å². The molecule has 6 nitrogen and oxygen atoms in total. The maximum absolute atomic E-state index is 10.8. The fourth-order valence-corrected chi connectivity index (χ4v) is 1.77. The van der Waals surface area contributed by atoms with Crippen LogP contribution in [-0.4, -0.2) is 13.6 Å². The minimum atomic E-state index is -3.93. The Morgan fingerprint density at radius 1 is 1.33 bits per heavy atom. The van der Waals surface area contributed by atoms with E-state index >= 15 is 0 Å². The summed E-state index contributed by atoms with van der Waals surface area (Å²) < 4.78 is 30.4. The van der Waals surface area contributed by atoms with Crippen molar-refractivity contribution in [2.45, 2.75) is 13.0 Å². The largest absolute Gasteiger partial charge is 0.435 e. The Bertz CT molecular complexity index is 433. The van der Waals surface area contributed by atoms with Crippen LogP contribution in [0.25, 0.3) is 0 Å². The van der Waals surface area contributed by atoms with Crippen molar-refractivity contribution in [3.05, 3.63) is 35.9 Å². The Balaban J connectivity index is 2.14. The zero-order valence-electron chi connectivity index (χ0n) is 7.95. The van der Waals surface area contributed by atoms with Crippen LogP contribution in [0.2, 0.25) is 0 Å². The van der Waals surface area contributed by atoms with E-state index in [2.05, 4.69) is 14.2 Å². The molecule has 0 aromatic heterocycles. The average Bonchev–Trinajstić information content (AvgIpc) is 2.59. The summed E-state index contributed by atoms with van der Waals surface area (Å²) >= 11 is 0. The van der Waals surface area contributed by atoms with Crippen molar-refractivity contribution in [1.29, 1.82) is 0 Å². The number of nitrogens with zero attached hydrogens (tertiary/aromatic N) is 1. The van der Waals surface area contributed by atoms with Gasteiger partial charge in [-0.1, -0.05) is 41.1 Å². The van der Waals surface area contributed by atoms with Crippen LogP contribution < -0.4 is 5.59 Å². The highest BCUT2D eigenvalue weighted by molar-refractivity contribution is 7.81. The van der Waals surface area contributed by atoms with Crippen LogP contribution in [0, 0.1) is 0 Å². The third kappa shape index (κ3) is 2.33. The molecule has 1 aromatic carbocycles. The molecule has 1 aliphatic heterocycles. The van der Waals surface area contributed by atoms with Crippen LogP contribution in [0.15, 0.2) is 30.3 Å². The van der Waals surface area contributed by atoms with Crippen LogP contribution in [0.1, 0.15) is 18.5 Å². The van der Waals surface area contributed by atoms with Gasteiger partial charge in [0, 0.05) is 0 Å². The summed E-state index contributed by atoms with van der Waals surface area (Å²) in [5.74, 6) is 0. The summed E-state index contributed by atoms with van der Waals surface area (Å²) in [5, 5.41) is 1.03. The van der Waals surface area contributed by atoms with Gasteiger partial charge in [-0.15, -0.1) is 8.57 Å². The van der Waals surface area contributed by atoms with Crippen molar-refractivity contribution in [2.75, 3.05) is 0 Å². The first-order valence-corrected chi connectivity index (χ1v) is 5.65. The summed E-state index contributed by atoms with van der Waals surface area (Å²) in [6.07, 6.45) is 0. The van der Waals surface area contributed by atoms with Crippen molar-refractivity contribution < 1.29 is 17.0 Å². The summed E-state index contributed by atoms with van der Waals surface area (Å²) in [4.78, 5) is 0. The van der Waals surface area contributed by atoms with E-state index in [0.717, 1.165) is 10.7 Å². The zero-order valence-corrected chi connectivity index (χ0v) is 8.77. The Hall–Kier alpha value is -0.990. The highest BCUT2D eigenvalue weighted by atomic mass is 32.3. The standard InChI is InChI=1S/C8H10N2O4S/c1-7(8-5-3-2-4-6-8)10-9-13-15(11,12)14-10/h2-7,9H,1H3. The SMILES string of the molecule is CC(c1ccccc1)N1NOS(=O)(=O)O1. The maximum Gasteiger partial charge on any atom is 0.435 e. The maximum atomic E-state index is 10.8. The minimum Gasteiger partial charge on any atom is -0.166 e. The highest BCUT2D eigenvalue weighted by Crippen LogP contribution is 2.22. The molecule has 0 spiro atoms. The quantitative estimate of drug-likeness (QED) is 0.805. The van der Waals surface area contributed by atoms with E-state index in [1.165, 1.54) is 0 Å². The summed E-state index contributed by atoms with van der Waals surface area (Å²) in [6.45, 7) is 1.78. The molecule has 0 amide bonds. The van der Waals surface area contributed by atoms with Gasteiger partial charge in [0.1, 0.15) is 0 Å². The Morgan fingerprint density at radius 2 is 2.00 bits per heavy atom. The first kappa shape index (κ1) is 10.5. The fourth-order valence-electron chi connectivity index (χ4n) is 1.22. The lowest BCUT2D eigenvalue weighted by Crippen LogP contribution is -2.31. The van der Waals surface area contributed by atoms with Gasteiger partial charge in [0.2, 0.25) is 0 Å². The van der Waals surface area contributed by atoms with E-state index in [-0.39, 0.29) is 6.04 Å². The first-order valence-electron chi connectivity index (χ1n) is 4.31. The number of benzene rings is 1. The molecule has 15 heavy (non-hydrogen) atoms. The monoisotopic (exact) mass is 230 g/mol. The molecule has 2 rings (SSSR count). The molecule has 1 saturated heterocycles. The fraction of sp³-hybridized carbons (Fsp3) is 0.250. The van der Waals surface area contributed by atoms with E-state index in [1.54, 1.807) is 6.92 Å². The van der Waals surface area contributed by atoms with Crippen molar-refractivity contribution in [1.82, 2.24) is 10.8 Å². The molecule has 0 aliphatic carbocycles. The second-order valence-electron chi connectivity index (χ2n) is 3.07. The van der Waals surface area contributed by atoms with Gasteiger partial charge < -0.3 is 0 Å². The number of rotatable bonds is 2. The van der Waals surface area contributed by atoms with Crippen molar-refractivity contribution in [2.24, 2.45) is 0 Å². The Kier molecular flexibility index (Phi) is 2.72. The van der Waals surface area contributed by atoms with Crippen LogP contribution in [0.5, 0.6) is 0 Å². The number of nitrogens with one attached hydrogen (secondary N) is 1. The summed E-state index contributed by atoms with van der Waals surface area (Å²) in [5.41, 5.74) is 3.08. The normalized spacial score (nSPS) is 22.7. The average molecular weight is 230 g/mol. The lowest BCUT2D eigenvalue weighted by atomic mass is 10.1. The van der Waals surface area contributed by atoms with Crippen molar-refractivity contribution in [3.8, 4) is 0 Å². The zero-order chi connectivity index (χ0) is 10.9. The Morgan fingerprint density at radius 3 is 2.53 bits per heavy atom. The molecule has 7 heteroatoms. The lowest BCUT2D eigenvalue weighted by molar-refractivity contribution is -0.144. The lowest BCUT2D eigenvalue weighted by Gasteiger charge is -2.18. The van der Waals surface area contributed by atoms with Gasteiger partial charge in [-0.3, -0.25) is 0 Å². The molecule has 1 N–H and O–H groups in total. The van der Waals surface area contributed by atoms with E-state index in [4.69, 9.17) is 0 Å². The minimum absolute atomic E-state index is 0.275. The molecule has 0 saturated carbocycles. The third-order valence-electron chi connectivity index (χ3n) is 2.03. The number of hydrogen-bond acceptors (Lipinski definition) is 6. The summed E-state index contributed by atoms with van der Waals surface area (Å²) in [6, 6.07) is 9.04. The second-order valence-corrected chi connectivity index (χ2v) is 4.20. The third-order valence-corrected chi connectivity index (χ3v) is 2.66. The molecule has 82 valence electrons. The Labute approximate surface area is 87.6 Å². The van der Waals surface area contributed by atoms with Crippen LogP contribution in [0.4, 0.5) is 0 Å². The highest BCUT2D eigenvalue weighted by Gasteiger charge is 2.32. The molecule has 1 aromatic rings. The van der Waals surface area contributed by atoms with Gasteiger partial charge in [0.05, 0.1) is 6.04 Å². The molecular weight excluding hydrogens is 220 g/mol. The van der Waals surface area contributed by atoms with Crippen LogP contribution in [-0.2, 0) is 19.0 Å². The van der Waals surface area contributed by atoms with Gasteiger partial charge in [0.15, 0.2) is 0 Å². The molecule has 1 unspecified atom stereocenters. The smallest absolute Gasteiger partial charge is 0.166 e. The molecular formula is C8H10N2O4S. The number of hydrazine groups is 1. The molecule has 1 fully saturated rings. The van der Waals surface area contributed by atoms with E-state index in [0.29, 0.717) is 0 Å². The van der Waals surface area contributed by atoms with E-state index < -0.39 is 10.4 Å².